The van der Waals surface area contributed by atoms with Gasteiger partial charge in [-0.2, -0.15) is 11.8 Å². The molecule has 1 aromatic rings. The van der Waals surface area contributed by atoms with Crippen LogP contribution >= 0.6 is 11.8 Å². The minimum atomic E-state index is 0.522. The minimum absolute atomic E-state index is 0.522. The predicted molar refractivity (Wildman–Crippen MR) is 80.5 cm³/mol. The summed E-state index contributed by atoms with van der Waals surface area (Å²) in [5, 5.41) is 3.47. The molecule has 1 fully saturated rings. The summed E-state index contributed by atoms with van der Waals surface area (Å²) in [6, 6.07) is 4.93. The summed E-state index contributed by atoms with van der Waals surface area (Å²) in [4.78, 5) is 7.08. The number of nitrogens with zero attached hydrogens (tertiary/aromatic N) is 2. The van der Waals surface area contributed by atoms with Gasteiger partial charge in [0.05, 0.1) is 0 Å². The van der Waals surface area contributed by atoms with Crippen molar-refractivity contribution in [2.24, 2.45) is 0 Å². The van der Waals surface area contributed by atoms with Gasteiger partial charge >= 0.3 is 0 Å². The Bertz CT molecular complexity index is 387. The summed E-state index contributed by atoms with van der Waals surface area (Å²) in [6.07, 6.45) is 0. The Morgan fingerprint density at radius 1 is 1.33 bits per heavy atom. The van der Waals surface area contributed by atoms with Gasteiger partial charge in [-0.1, -0.05) is 13.8 Å². The van der Waals surface area contributed by atoms with Crippen LogP contribution in [0, 0.1) is 6.92 Å². The average Bonchev–Trinajstić information content (AvgIpc) is 2.37. The fraction of sp³-hybridized carbons (Fsp3) is 0.643. The molecule has 0 saturated carbocycles. The van der Waals surface area contributed by atoms with Gasteiger partial charge in [0, 0.05) is 42.9 Å². The van der Waals surface area contributed by atoms with E-state index in [4.69, 9.17) is 0 Å². The topological polar surface area (TPSA) is 28.2 Å². The lowest BCUT2D eigenvalue weighted by atomic mass is 10.2. The van der Waals surface area contributed by atoms with Crippen LogP contribution in [-0.4, -0.2) is 35.6 Å². The van der Waals surface area contributed by atoms with Gasteiger partial charge in [0.25, 0.3) is 0 Å². The predicted octanol–water partition coefficient (Wildman–Crippen LogP) is 2.44. The van der Waals surface area contributed by atoms with Crippen molar-refractivity contribution < 1.29 is 0 Å². The number of nitrogens with one attached hydrogen (secondary N) is 1. The van der Waals surface area contributed by atoms with E-state index in [2.05, 4.69) is 48.1 Å². The molecule has 0 unspecified atom stereocenters. The molecule has 0 aromatic carbocycles. The molecular weight excluding hydrogens is 242 g/mol. The number of aromatic nitrogens is 1. The first-order valence-electron chi connectivity index (χ1n) is 6.69. The third-order valence-corrected chi connectivity index (χ3v) is 3.99. The molecule has 3 nitrogen and oxygen atoms in total. The van der Waals surface area contributed by atoms with E-state index >= 15 is 0 Å². The fourth-order valence-corrected chi connectivity index (χ4v) is 3.00. The van der Waals surface area contributed by atoms with Gasteiger partial charge in [-0.3, -0.25) is 0 Å². The first kappa shape index (κ1) is 13.7. The van der Waals surface area contributed by atoms with Gasteiger partial charge in [0.15, 0.2) is 0 Å². The molecule has 100 valence electrons. The van der Waals surface area contributed by atoms with E-state index in [1.165, 1.54) is 17.1 Å². The smallest absolute Gasteiger partial charge is 0.129 e. The highest BCUT2D eigenvalue weighted by Crippen LogP contribution is 2.19. The monoisotopic (exact) mass is 265 g/mol. The number of anilines is 1. The fourth-order valence-electron chi connectivity index (χ4n) is 2.10. The molecule has 1 N–H and O–H groups in total. The Hall–Kier alpha value is -0.740. The maximum Gasteiger partial charge on any atom is 0.129 e. The molecule has 0 atom stereocenters. The molecule has 1 aliphatic heterocycles. The van der Waals surface area contributed by atoms with Crippen molar-refractivity contribution in [3.05, 3.63) is 23.4 Å². The van der Waals surface area contributed by atoms with Gasteiger partial charge in [-0.05, 0) is 24.6 Å². The van der Waals surface area contributed by atoms with Gasteiger partial charge in [-0.25, -0.2) is 4.98 Å². The maximum atomic E-state index is 4.67. The first-order valence-corrected chi connectivity index (χ1v) is 7.84. The molecule has 0 amide bonds. The van der Waals surface area contributed by atoms with Crippen molar-refractivity contribution in [1.82, 2.24) is 10.3 Å². The van der Waals surface area contributed by atoms with Crippen LogP contribution in [0.4, 0.5) is 5.82 Å². The molecule has 2 heterocycles. The van der Waals surface area contributed by atoms with Crippen LogP contribution in [0.2, 0.25) is 0 Å². The standard InChI is InChI=1S/C14H23N3S/c1-11(2)15-10-13-8-12(3)16-14(9-13)17-4-6-18-7-5-17/h8-9,11,15H,4-7,10H2,1-3H3. The number of aryl methyl sites for hydroxylation is 1. The lowest BCUT2D eigenvalue weighted by molar-refractivity contribution is 0.588. The zero-order valence-corrected chi connectivity index (χ0v) is 12.4. The number of thioether (sulfide) groups is 1. The van der Waals surface area contributed by atoms with Crippen molar-refractivity contribution in [3.63, 3.8) is 0 Å². The van der Waals surface area contributed by atoms with Crippen molar-refractivity contribution in [3.8, 4) is 0 Å². The zero-order chi connectivity index (χ0) is 13.0. The Labute approximate surface area is 114 Å². The largest absolute Gasteiger partial charge is 0.355 e. The van der Waals surface area contributed by atoms with E-state index in [1.54, 1.807) is 0 Å². The molecule has 18 heavy (non-hydrogen) atoms. The lowest BCUT2D eigenvalue weighted by Crippen LogP contribution is -2.33. The molecule has 0 aliphatic carbocycles. The Morgan fingerprint density at radius 3 is 2.72 bits per heavy atom. The van der Waals surface area contributed by atoms with E-state index in [9.17, 15) is 0 Å². The summed E-state index contributed by atoms with van der Waals surface area (Å²) >= 11 is 2.03. The summed E-state index contributed by atoms with van der Waals surface area (Å²) < 4.78 is 0. The van der Waals surface area contributed by atoms with Crippen LogP contribution in [0.25, 0.3) is 0 Å². The summed E-state index contributed by atoms with van der Waals surface area (Å²) in [7, 11) is 0. The molecule has 1 aliphatic rings. The second-order valence-corrected chi connectivity index (χ2v) is 6.33. The second-order valence-electron chi connectivity index (χ2n) is 5.11. The molecule has 1 aromatic heterocycles. The SMILES string of the molecule is Cc1cc(CNC(C)C)cc(N2CCSCC2)n1. The number of hydrogen-bond donors (Lipinski definition) is 1. The highest BCUT2D eigenvalue weighted by Gasteiger charge is 2.13. The van der Waals surface area contributed by atoms with E-state index in [0.29, 0.717) is 6.04 Å². The molecule has 0 bridgehead atoms. The Balaban J connectivity index is 2.09. The van der Waals surface area contributed by atoms with Crippen LogP contribution in [-0.2, 0) is 6.54 Å². The molecule has 0 radical (unpaired) electrons. The number of pyridine rings is 1. The van der Waals surface area contributed by atoms with Gasteiger partial charge in [0.2, 0.25) is 0 Å². The summed E-state index contributed by atoms with van der Waals surface area (Å²) in [5.41, 5.74) is 2.45. The zero-order valence-electron chi connectivity index (χ0n) is 11.6. The highest BCUT2D eigenvalue weighted by molar-refractivity contribution is 7.99. The van der Waals surface area contributed by atoms with Crippen LogP contribution in [0.5, 0.6) is 0 Å². The molecule has 1 saturated heterocycles. The minimum Gasteiger partial charge on any atom is -0.355 e. The number of rotatable bonds is 4. The van der Waals surface area contributed by atoms with Crippen molar-refractivity contribution in [2.45, 2.75) is 33.4 Å². The van der Waals surface area contributed by atoms with Crippen LogP contribution in [0.15, 0.2) is 12.1 Å². The van der Waals surface area contributed by atoms with Crippen molar-refractivity contribution >= 4 is 17.6 Å². The normalized spacial score (nSPS) is 16.3. The van der Waals surface area contributed by atoms with Crippen molar-refractivity contribution in [2.75, 3.05) is 29.5 Å². The van der Waals surface area contributed by atoms with Crippen LogP contribution < -0.4 is 10.2 Å². The quantitative estimate of drug-likeness (QED) is 0.905. The van der Waals surface area contributed by atoms with Gasteiger partial charge in [-0.15, -0.1) is 0 Å². The van der Waals surface area contributed by atoms with Gasteiger partial charge in [0.1, 0.15) is 5.82 Å². The third-order valence-electron chi connectivity index (χ3n) is 3.05. The van der Waals surface area contributed by atoms with E-state index in [1.807, 2.05) is 11.8 Å². The molecule has 4 heteroatoms. The Morgan fingerprint density at radius 2 is 2.06 bits per heavy atom. The Kier molecular flexibility index (Phi) is 4.89. The van der Waals surface area contributed by atoms with Crippen LogP contribution in [0.1, 0.15) is 25.1 Å². The summed E-state index contributed by atoms with van der Waals surface area (Å²) in [6.45, 7) is 9.61. The number of hydrogen-bond acceptors (Lipinski definition) is 4. The third kappa shape index (κ3) is 3.89. The second kappa shape index (κ2) is 6.43. The van der Waals surface area contributed by atoms with E-state index < -0.39 is 0 Å². The average molecular weight is 265 g/mol. The first-order chi connectivity index (χ1) is 8.65. The molecule has 0 spiro atoms. The highest BCUT2D eigenvalue weighted by atomic mass is 32.2. The summed E-state index contributed by atoms with van der Waals surface area (Å²) in [5.74, 6) is 3.58. The molecule has 2 rings (SSSR count). The van der Waals surface area contributed by atoms with Gasteiger partial charge < -0.3 is 10.2 Å². The maximum absolute atomic E-state index is 4.67. The van der Waals surface area contributed by atoms with E-state index in [-0.39, 0.29) is 0 Å². The van der Waals surface area contributed by atoms with Crippen molar-refractivity contribution in [1.29, 1.82) is 0 Å². The lowest BCUT2D eigenvalue weighted by Gasteiger charge is -2.28. The van der Waals surface area contributed by atoms with Crippen LogP contribution in [0.3, 0.4) is 0 Å². The van der Waals surface area contributed by atoms with E-state index in [0.717, 1.165) is 31.1 Å². The molecular formula is C14H23N3S.